The maximum atomic E-state index is 13.2. The molecule has 0 radical (unpaired) electrons. The lowest BCUT2D eigenvalue weighted by molar-refractivity contribution is 0.0944. The number of amides is 2. The molecule has 1 fully saturated rings. The van der Waals surface area contributed by atoms with Gasteiger partial charge in [-0.2, -0.15) is 5.26 Å². The van der Waals surface area contributed by atoms with E-state index in [1.54, 1.807) is 6.07 Å². The Hall–Kier alpha value is -4.00. The molecule has 0 spiro atoms. The number of nitrogens with one attached hydrogen (secondary N) is 3. The number of aromatic nitrogens is 1. The molecule has 1 saturated carbocycles. The number of aryl methyl sites for hydroxylation is 1. The standard InChI is InChI=1S/C27H23N5O2S2/c1-16-7-8-18(25(33)30-19-9-10-19)13-21(16)31-27-32-23(22-12-11-20(14-28)35-22)24(36-27)26(34)29-15-17-5-3-2-4-6-17/h2-8,11-13,19H,9-10,15H2,1H3,(H,29,34)(H,30,33)(H,31,32). The van der Waals surface area contributed by atoms with E-state index in [-0.39, 0.29) is 17.9 Å². The number of anilines is 2. The van der Waals surface area contributed by atoms with Gasteiger partial charge in [-0.05, 0) is 55.2 Å². The van der Waals surface area contributed by atoms with E-state index < -0.39 is 0 Å². The first-order chi connectivity index (χ1) is 17.5. The van der Waals surface area contributed by atoms with Gasteiger partial charge in [0.05, 0.1) is 4.88 Å². The lowest BCUT2D eigenvalue weighted by Crippen LogP contribution is -2.25. The monoisotopic (exact) mass is 513 g/mol. The summed E-state index contributed by atoms with van der Waals surface area (Å²) in [6.45, 7) is 2.34. The Morgan fingerprint density at radius 3 is 2.58 bits per heavy atom. The van der Waals surface area contributed by atoms with Crippen molar-refractivity contribution < 1.29 is 9.59 Å². The summed E-state index contributed by atoms with van der Waals surface area (Å²) in [6.07, 6.45) is 2.05. The molecule has 3 N–H and O–H groups in total. The predicted molar refractivity (Wildman–Crippen MR) is 143 cm³/mol. The second kappa shape index (κ2) is 10.3. The number of benzene rings is 2. The Morgan fingerprint density at radius 1 is 1.06 bits per heavy atom. The van der Waals surface area contributed by atoms with Crippen LogP contribution in [-0.2, 0) is 6.54 Å². The summed E-state index contributed by atoms with van der Waals surface area (Å²) >= 11 is 2.54. The maximum absolute atomic E-state index is 13.2. The Bertz CT molecular complexity index is 1470. The minimum Gasteiger partial charge on any atom is -0.349 e. The highest BCUT2D eigenvalue weighted by molar-refractivity contribution is 7.19. The van der Waals surface area contributed by atoms with E-state index in [2.05, 4.69) is 22.0 Å². The van der Waals surface area contributed by atoms with Crippen molar-refractivity contribution in [3.8, 4) is 16.6 Å². The number of carbonyl (C=O) groups excluding carboxylic acids is 2. The quantitative estimate of drug-likeness (QED) is 0.284. The van der Waals surface area contributed by atoms with Crippen LogP contribution >= 0.6 is 22.7 Å². The Balaban J connectivity index is 1.42. The summed E-state index contributed by atoms with van der Waals surface area (Å²) < 4.78 is 0. The number of hydrogen-bond donors (Lipinski definition) is 3. The van der Waals surface area contributed by atoms with E-state index in [1.165, 1.54) is 22.7 Å². The van der Waals surface area contributed by atoms with Crippen molar-refractivity contribution in [2.24, 2.45) is 0 Å². The topological polar surface area (TPSA) is 107 Å². The van der Waals surface area contributed by atoms with E-state index in [9.17, 15) is 14.9 Å². The zero-order chi connectivity index (χ0) is 25.1. The minimum absolute atomic E-state index is 0.0935. The average Bonchev–Trinajstić information content (AvgIpc) is 3.40. The van der Waals surface area contributed by atoms with Crippen molar-refractivity contribution in [2.75, 3.05) is 5.32 Å². The molecule has 2 aromatic heterocycles. The van der Waals surface area contributed by atoms with Crippen molar-refractivity contribution in [2.45, 2.75) is 32.4 Å². The Labute approximate surface area is 216 Å². The molecule has 0 unspecified atom stereocenters. The molecule has 7 nitrogen and oxygen atoms in total. The van der Waals surface area contributed by atoms with Gasteiger partial charge in [0.15, 0.2) is 5.13 Å². The van der Waals surface area contributed by atoms with Gasteiger partial charge in [0, 0.05) is 23.8 Å². The first kappa shape index (κ1) is 23.7. The molecule has 9 heteroatoms. The third kappa shape index (κ3) is 5.46. The van der Waals surface area contributed by atoms with E-state index in [1.807, 2.05) is 61.5 Å². The molecule has 2 aromatic carbocycles. The number of nitrogens with zero attached hydrogens (tertiary/aromatic N) is 2. The average molecular weight is 514 g/mol. The second-order valence-electron chi connectivity index (χ2n) is 8.54. The Morgan fingerprint density at radius 2 is 1.86 bits per heavy atom. The molecule has 0 atom stereocenters. The number of thiazole rings is 1. The smallest absolute Gasteiger partial charge is 0.264 e. The van der Waals surface area contributed by atoms with Gasteiger partial charge < -0.3 is 16.0 Å². The maximum Gasteiger partial charge on any atom is 0.264 e. The van der Waals surface area contributed by atoms with Gasteiger partial charge >= 0.3 is 0 Å². The number of rotatable bonds is 8. The second-order valence-corrected chi connectivity index (χ2v) is 10.6. The zero-order valence-corrected chi connectivity index (χ0v) is 21.1. The summed E-state index contributed by atoms with van der Waals surface area (Å²) in [5.74, 6) is -0.329. The van der Waals surface area contributed by atoms with Crippen LogP contribution in [0.25, 0.3) is 10.6 Å². The fraction of sp³-hybridized carbons (Fsp3) is 0.185. The molecule has 2 amide bonds. The predicted octanol–water partition coefficient (Wildman–Crippen LogP) is 5.62. The number of thiophene rings is 1. The van der Waals surface area contributed by atoms with E-state index in [0.29, 0.717) is 32.7 Å². The van der Waals surface area contributed by atoms with Crippen LogP contribution in [0.4, 0.5) is 10.8 Å². The van der Waals surface area contributed by atoms with Crippen molar-refractivity contribution in [3.05, 3.63) is 87.1 Å². The van der Waals surface area contributed by atoms with Crippen molar-refractivity contribution in [1.29, 1.82) is 5.26 Å². The fourth-order valence-corrected chi connectivity index (χ4v) is 5.36. The van der Waals surface area contributed by atoms with Crippen LogP contribution in [0, 0.1) is 18.3 Å². The molecule has 2 heterocycles. The van der Waals surface area contributed by atoms with Crippen molar-refractivity contribution >= 4 is 45.3 Å². The Kier molecular flexibility index (Phi) is 6.80. The third-order valence-electron chi connectivity index (χ3n) is 5.73. The van der Waals surface area contributed by atoms with Crippen molar-refractivity contribution in [1.82, 2.24) is 15.6 Å². The number of hydrogen-bond acceptors (Lipinski definition) is 7. The number of nitriles is 1. The summed E-state index contributed by atoms with van der Waals surface area (Å²) in [5.41, 5.74) is 3.80. The molecule has 1 aliphatic carbocycles. The van der Waals surface area contributed by atoms with Crippen LogP contribution in [0.2, 0.25) is 0 Å². The normalized spacial score (nSPS) is 12.6. The van der Waals surface area contributed by atoms with Gasteiger partial charge in [0.1, 0.15) is 21.5 Å². The molecule has 36 heavy (non-hydrogen) atoms. The molecular weight excluding hydrogens is 490 g/mol. The van der Waals surface area contributed by atoms with E-state index in [4.69, 9.17) is 4.98 Å². The zero-order valence-electron chi connectivity index (χ0n) is 19.5. The van der Waals surface area contributed by atoms with Gasteiger partial charge in [-0.25, -0.2) is 4.98 Å². The van der Waals surface area contributed by atoms with Crippen LogP contribution < -0.4 is 16.0 Å². The number of carbonyl (C=O) groups is 2. The van der Waals surface area contributed by atoms with Crippen LogP contribution in [0.5, 0.6) is 0 Å². The first-order valence-corrected chi connectivity index (χ1v) is 13.2. The minimum atomic E-state index is -0.236. The largest absolute Gasteiger partial charge is 0.349 e. The molecule has 0 aliphatic heterocycles. The molecular formula is C27H23N5O2S2. The van der Waals surface area contributed by atoms with E-state index in [0.717, 1.165) is 34.5 Å². The van der Waals surface area contributed by atoms with E-state index >= 15 is 0 Å². The summed E-state index contributed by atoms with van der Waals surface area (Å²) in [6, 6.07) is 21.2. The first-order valence-electron chi connectivity index (χ1n) is 11.5. The lowest BCUT2D eigenvalue weighted by atomic mass is 10.1. The summed E-state index contributed by atoms with van der Waals surface area (Å²) in [4.78, 5) is 32.2. The molecule has 0 saturated heterocycles. The molecule has 0 bridgehead atoms. The SMILES string of the molecule is Cc1ccc(C(=O)NC2CC2)cc1Nc1nc(-c2ccc(C#N)s2)c(C(=O)NCc2ccccc2)s1. The van der Waals surface area contributed by atoms with Crippen molar-refractivity contribution in [3.63, 3.8) is 0 Å². The molecule has 1 aliphatic rings. The molecule has 5 rings (SSSR count). The fourth-order valence-electron chi connectivity index (χ4n) is 3.59. The summed E-state index contributed by atoms with van der Waals surface area (Å²) in [5, 5.41) is 19.1. The van der Waals surface area contributed by atoms with Gasteiger partial charge in [0.25, 0.3) is 11.8 Å². The van der Waals surface area contributed by atoms with Crippen LogP contribution in [0.1, 0.15) is 48.9 Å². The van der Waals surface area contributed by atoms with Crippen LogP contribution in [0.3, 0.4) is 0 Å². The lowest BCUT2D eigenvalue weighted by Gasteiger charge is -2.10. The van der Waals surface area contributed by atoms with Gasteiger partial charge in [0.2, 0.25) is 0 Å². The highest BCUT2D eigenvalue weighted by atomic mass is 32.1. The van der Waals surface area contributed by atoms with Gasteiger partial charge in [-0.1, -0.05) is 47.7 Å². The molecule has 4 aromatic rings. The van der Waals surface area contributed by atoms with Gasteiger partial charge in [-0.15, -0.1) is 11.3 Å². The third-order valence-corrected chi connectivity index (χ3v) is 7.70. The highest BCUT2D eigenvalue weighted by Gasteiger charge is 2.24. The summed E-state index contributed by atoms with van der Waals surface area (Å²) in [7, 11) is 0. The molecule has 180 valence electrons. The van der Waals surface area contributed by atoms with Crippen LogP contribution in [0.15, 0.2) is 60.7 Å². The van der Waals surface area contributed by atoms with Gasteiger partial charge in [-0.3, -0.25) is 9.59 Å². The highest BCUT2D eigenvalue weighted by Crippen LogP contribution is 2.37. The van der Waals surface area contributed by atoms with Crippen LogP contribution in [-0.4, -0.2) is 22.8 Å².